The van der Waals surface area contributed by atoms with E-state index in [1.165, 1.54) is 11.5 Å². The van der Waals surface area contributed by atoms with E-state index in [1.807, 2.05) is 0 Å². The highest BCUT2D eigenvalue weighted by Gasteiger charge is 2.17. The van der Waals surface area contributed by atoms with Crippen molar-refractivity contribution in [2.24, 2.45) is 0 Å². The molecule has 0 atom stereocenters. The largest absolute Gasteiger partial charge is 0.391 e. The molecule has 0 saturated carbocycles. The van der Waals surface area contributed by atoms with E-state index in [1.54, 1.807) is 18.2 Å². The molecule has 4 heteroatoms. The van der Waals surface area contributed by atoms with Crippen molar-refractivity contribution in [3.63, 3.8) is 0 Å². The number of carbonyl (C=O) groups excluding carboxylic acids is 1. The minimum Gasteiger partial charge on any atom is -0.219 e. The zero-order chi connectivity index (χ0) is 8.43. The molecule has 0 aromatic carbocycles. The lowest BCUT2D eigenvalue weighted by Gasteiger charge is -1.92. The number of hydrogen-bond acceptors (Lipinski definition) is 1. The number of halogens is 2. The Morgan fingerprint density at radius 2 is 1.82 bits per heavy atom. The third-order valence-electron chi connectivity index (χ3n) is 1.21. The Kier molecular flexibility index (Phi) is 2.47. The van der Waals surface area contributed by atoms with E-state index >= 15 is 0 Å². The molecule has 0 aliphatic rings. The molecule has 0 aliphatic heterocycles. The van der Waals surface area contributed by atoms with Gasteiger partial charge < -0.3 is 0 Å². The number of nitrogens with zero attached hydrogens (tertiary/aromatic N) is 1. The first-order valence-corrected chi connectivity index (χ1v) is 3.75. The van der Waals surface area contributed by atoms with E-state index in [0.717, 1.165) is 0 Å². The lowest BCUT2D eigenvalue weighted by atomic mass is 10.5. The molecule has 0 N–H and O–H groups in total. The van der Waals surface area contributed by atoms with Crippen LogP contribution in [-0.4, -0.2) is 5.91 Å². The summed E-state index contributed by atoms with van der Waals surface area (Å²) in [5.74, 6) is -0.194. The summed E-state index contributed by atoms with van der Waals surface area (Å²) < 4.78 is 1.23. The summed E-state index contributed by atoms with van der Waals surface area (Å²) >= 11 is 11.4. The summed E-state index contributed by atoms with van der Waals surface area (Å²) in [7, 11) is 0. The normalized spacial score (nSPS) is 9.73. The van der Waals surface area contributed by atoms with E-state index in [2.05, 4.69) is 0 Å². The van der Waals surface area contributed by atoms with Crippen LogP contribution >= 0.6 is 23.2 Å². The zero-order valence-corrected chi connectivity index (χ0v) is 7.36. The highest BCUT2D eigenvalue weighted by Crippen LogP contribution is 2.06. The van der Waals surface area contributed by atoms with Crippen molar-refractivity contribution in [3.05, 3.63) is 28.5 Å². The number of hydrogen-bond donors (Lipinski definition) is 0. The monoisotopic (exact) mass is 190 g/mol. The number of aromatic nitrogens is 1. The Balaban J connectivity index is 3.32. The summed E-state index contributed by atoms with van der Waals surface area (Å²) in [6, 6.07) is 4.90. The third kappa shape index (κ3) is 1.70. The lowest BCUT2D eigenvalue weighted by molar-refractivity contribution is -0.568. The molecule has 0 spiro atoms. The molecule has 0 amide bonds. The highest BCUT2D eigenvalue weighted by molar-refractivity contribution is 6.31. The molecule has 0 bridgehead atoms. The first kappa shape index (κ1) is 8.50. The standard InChI is InChI=1S/C7H6Cl2NO/c1-5(11)10-6(8)3-2-4-7(10)9/h2-4H,1H3/q+1. The van der Waals surface area contributed by atoms with Crippen molar-refractivity contribution in [1.82, 2.24) is 0 Å². The van der Waals surface area contributed by atoms with E-state index in [4.69, 9.17) is 23.2 Å². The maximum absolute atomic E-state index is 10.9. The molecule has 0 unspecified atom stereocenters. The van der Waals surface area contributed by atoms with Gasteiger partial charge in [0, 0.05) is 12.1 Å². The average molecular weight is 191 g/mol. The molecule has 2 nitrogen and oxygen atoms in total. The van der Waals surface area contributed by atoms with Gasteiger partial charge in [0.1, 0.15) is 0 Å². The SMILES string of the molecule is CC(=O)[n+]1c(Cl)cccc1Cl. The molecule has 1 heterocycles. The van der Waals surface area contributed by atoms with Gasteiger partial charge in [-0.1, -0.05) is 0 Å². The first-order chi connectivity index (χ1) is 5.13. The topological polar surface area (TPSA) is 20.9 Å². The van der Waals surface area contributed by atoms with Crippen LogP contribution < -0.4 is 4.57 Å². The average Bonchev–Trinajstić information content (AvgIpc) is 1.85. The van der Waals surface area contributed by atoms with Gasteiger partial charge in [-0.15, -0.1) is 4.57 Å². The van der Waals surface area contributed by atoms with E-state index < -0.39 is 0 Å². The fraction of sp³-hybridized carbons (Fsp3) is 0.143. The number of rotatable bonds is 0. The minimum atomic E-state index is -0.194. The molecular formula is C7H6Cl2NO+. The van der Waals surface area contributed by atoms with Crippen LogP contribution in [0.4, 0.5) is 0 Å². The summed E-state index contributed by atoms with van der Waals surface area (Å²) in [5.41, 5.74) is 0. The van der Waals surface area contributed by atoms with Crippen molar-refractivity contribution < 1.29 is 9.36 Å². The molecule has 1 aromatic heterocycles. The third-order valence-corrected chi connectivity index (χ3v) is 1.80. The fourth-order valence-electron chi connectivity index (χ4n) is 0.759. The molecule has 0 aliphatic carbocycles. The van der Waals surface area contributed by atoms with E-state index in [0.29, 0.717) is 10.3 Å². The van der Waals surface area contributed by atoms with Gasteiger partial charge in [0.05, 0.1) is 6.92 Å². The van der Waals surface area contributed by atoms with Crippen molar-refractivity contribution in [3.8, 4) is 0 Å². The van der Waals surface area contributed by atoms with Crippen LogP contribution in [0.3, 0.4) is 0 Å². The van der Waals surface area contributed by atoms with Gasteiger partial charge in [0.2, 0.25) is 0 Å². The van der Waals surface area contributed by atoms with Crippen LogP contribution in [0.2, 0.25) is 10.3 Å². The Hall–Kier alpha value is -0.600. The van der Waals surface area contributed by atoms with Crippen molar-refractivity contribution in [2.75, 3.05) is 0 Å². The smallest absolute Gasteiger partial charge is 0.219 e. The Morgan fingerprint density at radius 1 is 1.36 bits per heavy atom. The van der Waals surface area contributed by atoms with E-state index in [9.17, 15) is 4.79 Å². The molecule has 11 heavy (non-hydrogen) atoms. The van der Waals surface area contributed by atoms with Crippen LogP contribution in [0, 0.1) is 0 Å². The quantitative estimate of drug-likeness (QED) is 0.453. The van der Waals surface area contributed by atoms with Gasteiger partial charge in [0.25, 0.3) is 10.3 Å². The van der Waals surface area contributed by atoms with Crippen molar-refractivity contribution >= 4 is 29.1 Å². The maximum atomic E-state index is 10.9. The highest BCUT2D eigenvalue weighted by atomic mass is 35.5. The van der Waals surface area contributed by atoms with Gasteiger partial charge in [-0.25, -0.2) is 4.79 Å². The van der Waals surface area contributed by atoms with Gasteiger partial charge in [-0.2, -0.15) is 0 Å². The molecule has 58 valence electrons. The number of carbonyl (C=O) groups is 1. The van der Waals surface area contributed by atoms with Gasteiger partial charge in [-0.3, -0.25) is 0 Å². The van der Waals surface area contributed by atoms with Crippen LogP contribution in [0.25, 0.3) is 0 Å². The predicted molar refractivity (Wildman–Crippen MR) is 43.0 cm³/mol. The Labute approximate surface area is 74.4 Å². The predicted octanol–water partition coefficient (Wildman–Crippen LogP) is 1.94. The summed E-state index contributed by atoms with van der Waals surface area (Å²) in [6.07, 6.45) is 0. The van der Waals surface area contributed by atoms with E-state index in [-0.39, 0.29) is 5.91 Å². The Bertz CT molecular complexity index is 278. The van der Waals surface area contributed by atoms with Crippen LogP contribution in [0.15, 0.2) is 18.2 Å². The van der Waals surface area contributed by atoms with Crippen molar-refractivity contribution in [2.45, 2.75) is 6.92 Å². The zero-order valence-electron chi connectivity index (χ0n) is 5.84. The molecule has 1 aromatic rings. The molecular weight excluding hydrogens is 185 g/mol. The van der Waals surface area contributed by atoms with Gasteiger partial charge in [0.15, 0.2) is 0 Å². The molecule has 0 radical (unpaired) electrons. The molecule has 0 saturated heterocycles. The number of pyridine rings is 1. The summed E-state index contributed by atoms with van der Waals surface area (Å²) in [5, 5.41) is 0.648. The first-order valence-electron chi connectivity index (χ1n) is 3.00. The van der Waals surface area contributed by atoms with Crippen molar-refractivity contribution in [1.29, 1.82) is 0 Å². The molecule has 1 rings (SSSR count). The second-order valence-corrected chi connectivity index (χ2v) is 2.80. The van der Waals surface area contributed by atoms with Gasteiger partial charge in [-0.05, 0) is 29.3 Å². The second-order valence-electron chi connectivity index (χ2n) is 2.03. The second kappa shape index (κ2) is 3.20. The summed E-state index contributed by atoms with van der Waals surface area (Å²) in [6.45, 7) is 1.40. The fourth-order valence-corrected chi connectivity index (χ4v) is 1.37. The summed E-state index contributed by atoms with van der Waals surface area (Å²) in [4.78, 5) is 10.9. The van der Waals surface area contributed by atoms with Crippen LogP contribution in [-0.2, 0) is 0 Å². The van der Waals surface area contributed by atoms with Crippen LogP contribution in [0.5, 0.6) is 0 Å². The molecule has 0 fully saturated rings. The van der Waals surface area contributed by atoms with Gasteiger partial charge >= 0.3 is 5.91 Å². The minimum absolute atomic E-state index is 0.194. The maximum Gasteiger partial charge on any atom is 0.391 e. The van der Waals surface area contributed by atoms with Crippen LogP contribution in [0.1, 0.15) is 11.7 Å². The Morgan fingerprint density at radius 3 is 2.09 bits per heavy atom. The lowest BCUT2D eigenvalue weighted by Crippen LogP contribution is -2.42.